The van der Waals surface area contributed by atoms with Gasteiger partial charge < -0.3 is 15.2 Å². The van der Waals surface area contributed by atoms with Crippen LogP contribution in [0.3, 0.4) is 0 Å². The van der Waals surface area contributed by atoms with Crippen molar-refractivity contribution in [3.05, 3.63) is 29.8 Å². The number of nitrogens with one attached hydrogen (secondary N) is 1. The summed E-state index contributed by atoms with van der Waals surface area (Å²) in [5, 5.41) is 1.90. The van der Waals surface area contributed by atoms with Crippen LogP contribution in [0.1, 0.15) is 26.3 Å². The van der Waals surface area contributed by atoms with Crippen molar-refractivity contribution in [1.29, 1.82) is 0 Å². The van der Waals surface area contributed by atoms with Crippen LogP contribution in [0.5, 0.6) is 5.75 Å². The Hall–Kier alpha value is -2.57. The van der Waals surface area contributed by atoms with Crippen LogP contribution < -0.4 is 15.8 Å². The zero-order chi connectivity index (χ0) is 17.4. The highest BCUT2D eigenvalue weighted by molar-refractivity contribution is 5.96. The Labute approximate surface area is 135 Å². The van der Waals surface area contributed by atoms with Crippen molar-refractivity contribution in [3.8, 4) is 5.75 Å². The molecule has 23 heavy (non-hydrogen) atoms. The first-order chi connectivity index (χ1) is 10.8. The van der Waals surface area contributed by atoms with Gasteiger partial charge in [0.05, 0.1) is 0 Å². The Balaban J connectivity index is 2.54. The van der Waals surface area contributed by atoms with Crippen molar-refractivity contribution in [1.82, 2.24) is 5.32 Å². The average molecular weight is 322 g/mol. The van der Waals surface area contributed by atoms with Gasteiger partial charge in [0, 0.05) is 0 Å². The van der Waals surface area contributed by atoms with E-state index in [1.807, 2.05) is 24.4 Å². The van der Waals surface area contributed by atoms with Crippen molar-refractivity contribution in [2.45, 2.75) is 33.3 Å². The summed E-state index contributed by atoms with van der Waals surface area (Å²) in [6.45, 7) is 5.07. The van der Waals surface area contributed by atoms with Crippen molar-refractivity contribution >= 4 is 17.9 Å². The molecule has 0 heterocycles. The van der Waals surface area contributed by atoms with Gasteiger partial charge in [-0.15, -0.1) is 0 Å². The fraction of sp³-hybridized carbons (Fsp3) is 0.438. The maximum absolute atomic E-state index is 11.8. The van der Waals surface area contributed by atoms with Gasteiger partial charge in [0.15, 0.2) is 12.7 Å². The van der Waals surface area contributed by atoms with E-state index < -0.39 is 24.0 Å². The van der Waals surface area contributed by atoms with Gasteiger partial charge in [-0.1, -0.05) is 32.9 Å². The van der Waals surface area contributed by atoms with Gasteiger partial charge in [-0.3, -0.25) is 10.1 Å². The Kier molecular flexibility index (Phi) is 7.05. The maximum Gasteiger partial charge on any atom is 0.344 e. The Morgan fingerprint density at radius 3 is 2.26 bits per heavy atom. The largest absolute Gasteiger partial charge is 0.482 e. The molecule has 1 rings (SSSR count). The second-order valence-corrected chi connectivity index (χ2v) is 5.29. The number of esters is 1. The minimum atomic E-state index is -1.11. The van der Waals surface area contributed by atoms with Crippen molar-refractivity contribution in [3.63, 3.8) is 0 Å². The quantitative estimate of drug-likeness (QED) is 0.738. The molecule has 7 nitrogen and oxygen atoms in total. The molecule has 0 aliphatic rings. The molecule has 0 bridgehead atoms. The third kappa shape index (κ3) is 6.37. The summed E-state index contributed by atoms with van der Waals surface area (Å²) in [7, 11) is 0. The molecular weight excluding hydrogens is 300 g/mol. The summed E-state index contributed by atoms with van der Waals surface area (Å²) in [5.74, 6) is -1.25. The van der Waals surface area contributed by atoms with Crippen molar-refractivity contribution < 1.29 is 23.9 Å². The number of carbonyl (C=O) groups excluding carboxylic acids is 3. The molecule has 0 saturated carbocycles. The molecule has 0 fully saturated rings. The number of rotatable bonds is 7. The molecule has 0 aliphatic carbocycles. The van der Waals surface area contributed by atoms with Crippen molar-refractivity contribution in [2.24, 2.45) is 11.7 Å². The SMILES string of the molecule is CCc1ccc(OCC(=O)O[C@H](C(=O)NC(N)=O)C(C)C)cc1. The molecule has 0 aliphatic heterocycles. The van der Waals surface area contributed by atoms with E-state index in [1.165, 1.54) is 0 Å². The van der Waals surface area contributed by atoms with Crippen LogP contribution in [0.15, 0.2) is 24.3 Å². The van der Waals surface area contributed by atoms with Gasteiger partial charge in [0.1, 0.15) is 5.75 Å². The molecule has 1 aromatic rings. The number of urea groups is 1. The molecule has 126 valence electrons. The van der Waals surface area contributed by atoms with E-state index in [0.29, 0.717) is 5.75 Å². The Bertz CT molecular complexity index is 554. The van der Waals surface area contributed by atoms with Crippen LogP contribution >= 0.6 is 0 Å². The number of benzene rings is 1. The van der Waals surface area contributed by atoms with Crippen LogP contribution in [0, 0.1) is 5.92 Å². The predicted octanol–water partition coefficient (Wildman–Crippen LogP) is 1.39. The van der Waals surface area contributed by atoms with E-state index in [0.717, 1.165) is 12.0 Å². The number of ether oxygens (including phenoxy) is 2. The first-order valence-electron chi connectivity index (χ1n) is 7.35. The Morgan fingerprint density at radius 1 is 1.17 bits per heavy atom. The lowest BCUT2D eigenvalue weighted by molar-refractivity contribution is -0.160. The summed E-state index contributed by atoms with van der Waals surface area (Å²) >= 11 is 0. The number of imide groups is 1. The van der Waals surface area contributed by atoms with E-state index in [1.54, 1.807) is 26.0 Å². The highest BCUT2D eigenvalue weighted by atomic mass is 16.6. The minimum Gasteiger partial charge on any atom is -0.482 e. The number of amides is 3. The molecule has 0 aromatic heterocycles. The molecular formula is C16H22N2O5. The van der Waals surface area contributed by atoms with Gasteiger partial charge in [-0.05, 0) is 30.0 Å². The fourth-order valence-corrected chi connectivity index (χ4v) is 1.82. The van der Waals surface area contributed by atoms with Gasteiger partial charge in [0.2, 0.25) is 0 Å². The van der Waals surface area contributed by atoms with Gasteiger partial charge >= 0.3 is 12.0 Å². The number of carbonyl (C=O) groups is 3. The predicted molar refractivity (Wildman–Crippen MR) is 83.8 cm³/mol. The lowest BCUT2D eigenvalue weighted by Gasteiger charge is -2.19. The third-order valence-electron chi connectivity index (χ3n) is 3.06. The zero-order valence-corrected chi connectivity index (χ0v) is 13.5. The first-order valence-corrected chi connectivity index (χ1v) is 7.35. The number of primary amides is 1. The van der Waals surface area contributed by atoms with Gasteiger partial charge in [0.25, 0.3) is 5.91 Å². The molecule has 0 spiro atoms. The van der Waals surface area contributed by atoms with E-state index in [4.69, 9.17) is 15.2 Å². The van der Waals surface area contributed by atoms with Crippen LogP contribution in [0.25, 0.3) is 0 Å². The van der Waals surface area contributed by atoms with Crippen LogP contribution in [0.2, 0.25) is 0 Å². The van der Waals surface area contributed by atoms with Crippen LogP contribution in [-0.2, 0) is 20.7 Å². The second kappa shape index (κ2) is 8.77. The summed E-state index contributed by atoms with van der Waals surface area (Å²) in [6.07, 6.45) is -0.200. The molecule has 0 radical (unpaired) electrons. The van der Waals surface area contributed by atoms with Crippen LogP contribution in [-0.4, -0.2) is 30.6 Å². The highest BCUT2D eigenvalue weighted by Crippen LogP contribution is 2.13. The monoisotopic (exact) mass is 322 g/mol. The lowest BCUT2D eigenvalue weighted by Crippen LogP contribution is -2.46. The standard InChI is InChI=1S/C16H22N2O5/c1-4-11-5-7-12(8-6-11)22-9-13(19)23-14(10(2)3)15(20)18-16(17)21/h5-8,10,14H,4,9H2,1-3H3,(H3,17,18,20,21)/t14-/m0/s1. The maximum atomic E-state index is 11.8. The second-order valence-electron chi connectivity index (χ2n) is 5.29. The highest BCUT2D eigenvalue weighted by Gasteiger charge is 2.27. The molecule has 0 unspecified atom stereocenters. The lowest BCUT2D eigenvalue weighted by atomic mass is 10.1. The topological polar surface area (TPSA) is 108 Å². The summed E-state index contributed by atoms with van der Waals surface area (Å²) < 4.78 is 10.4. The number of hydrogen-bond acceptors (Lipinski definition) is 5. The normalized spacial score (nSPS) is 11.7. The first kappa shape index (κ1) is 18.5. The molecule has 1 atom stereocenters. The van der Waals surface area contributed by atoms with Crippen LogP contribution in [0.4, 0.5) is 4.79 Å². The summed E-state index contributed by atoms with van der Waals surface area (Å²) in [5.41, 5.74) is 6.04. The van der Waals surface area contributed by atoms with E-state index in [2.05, 4.69) is 0 Å². The molecule has 7 heteroatoms. The molecule has 3 N–H and O–H groups in total. The van der Waals surface area contributed by atoms with Gasteiger partial charge in [-0.2, -0.15) is 0 Å². The smallest absolute Gasteiger partial charge is 0.344 e. The van der Waals surface area contributed by atoms with E-state index in [-0.39, 0.29) is 12.5 Å². The molecule has 1 aromatic carbocycles. The van der Waals surface area contributed by atoms with Crippen molar-refractivity contribution in [2.75, 3.05) is 6.61 Å². The number of nitrogens with two attached hydrogens (primary N) is 1. The fourth-order valence-electron chi connectivity index (χ4n) is 1.82. The molecule has 3 amide bonds. The van der Waals surface area contributed by atoms with E-state index >= 15 is 0 Å². The summed E-state index contributed by atoms with van der Waals surface area (Å²) in [4.78, 5) is 34.3. The van der Waals surface area contributed by atoms with Gasteiger partial charge in [-0.25, -0.2) is 9.59 Å². The third-order valence-corrected chi connectivity index (χ3v) is 3.06. The van der Waals surface area contributed by atoms with E-state index in [9.17, 15) is 14.4 Å². The number of hydrogen-bond donors (Lipinski definition) is 2. The average Bonchev–Trinajstić information content (AvgIpc) is 2.50. The molecule has 0 saturated heterocycles. The zero-order valence-electron chi connectivity index (χ0n) is 13.5. The minimum absolute atomic E-state index is 0.317. The Morgan fingerprint density at radius 2 is 1.78 bits per heavy atom. The summed E-state index contributed by atoms with van der Waals surface area (Å²) in [6, 6.07) is 6.32. The number of aryl methyl sites for hydroxylation is 1.